The van der Waals surface area contributed by atoms with E-state index in [0.717, 1.165) is 38.5 Å². The molecule has 0 aromatic carbocycles. The fourth-order valence-electron chi connectivity index (χ4n) is 2.79. The first-order valence-corrected chi connectivity index (χ1v) is 6.90. The molecule has 0 saturated heterocycles. The zero-order valence-corrected chi connectivity index (χ0v) is 10.5. The minimum atomic E-state index is 0.0479. The van der Waals surface area contributed by atoms with Crippen molar-refractivity contribution < 1.29 is 9.53 Å². The van der Waals surface area contributed by atoms with E-state index in [1.165, 1.54) is 12.8 Å². The monoisotopic (exact) mass is 240 g/mol. The van der Waals surface area contributed by atoms with Crippen molar-refractivity contribution in [3.8, 4) is 0 Å². The van der Waals surface area contributed by atoms with Crippen LogP contribution in [0.25, 0.3) is 0 Å². The molecule has 2 rings (SSSR count). The van der Waals surface area contributed by atoms with Crippen molar-refractivity contribution in [1.82, 2.24) is 5.32 Å². The summed E-state index contributed by atoms with van der Waals surface area (Å²) in [6, 6.07) is 0.730. The lowest BCUT2D eigenvalue weighted by molar-refractivity contribution is -0.129. The third-order valence-electron chi connectivity index (χ3n) is 3.89. The molecule has 0 aliphatic heterocycles. The van der Waals surface area contributed by atoms with Crippen molar-refractivity contribution >= 4 is 5.91 Å². The maximum atomic E-state index is 11.6. The summed E-state index contributed by atoms with van der Waals surface area (Å²) in [7, 11) is 0. The molecule has 4 nitrogen and oxygen atoms in total. The van der Waals surface area contributed by atoms with Crippen LogP contribution in [0.3, 0.4) is 0 Å². The molecule has 3 N–H and O–H groups in total. The predicted molar refractivity (Wildman–Crippen MR) is 66.6 cm³/mol. The fourth-order valence-corrected chi connectivity index (χ4v) is 2.79. The minimum absolute atomic E-state index is 0.0479. The molecule has 1 amide bonds. The van der Waals surface area contributed by atoms with Gasteiger partial charge in [0.25, 0.3) is 0 Å². The second-order valence-corrected chi connectivity index (χ2v) is 5.40. The van der Waals surface area contributed by atoms with Gasteiger partial charge in [-0.2, -0.15) is 0 Å². The Morgan fingerprint density at radius 3 is 2.41 bits per heavy atom. The van der Waals surface area contributed by atoms with E-state index < -0.39 is 0 Å². The molecular weight excluding hydrogens is 216 g/mol. The number of carbonyl (C=O) groups is 1. The van der Waals surface area contributed by atoms with Crippen LogP contribution in [-0.4, -0.2) is 30.7 Å². The third-order valence-corrected chi connectivity index (χ3v) is 3.89. The summed E-state index contributed by atoms with van der Waals surface area (Å²) >= 11 is 0. The fraction of sp³-hybridized carbons (Fsp3) is 0.923. The number of ether oxygens (including phenoxy) is 1. The van der Waals surface area contributed by atoms with Crippen LogP contribution >= 0.6 is 0 Å². The Labute approximate surface area is 103 Å². The Hall–Kier alpha value is -0.610. The van der Waals surface area contributed by atoms with Gasteiger partial charge in [-0.25, -0.2) is 0 Å². The predicted octanol–water partition coefficient (Wildman–Crippen LogP) is 1.33. The maximum Gasteiger partial charge on any atom is 0.246 e. The molecule has 2 fully saturated rings. The summed E-state index contributed by atoms with van der Waals surface area (Å²) in [6.07, 6.45) is 9.02. The highest BCUT2D eigenvalue weighted by Crippen LogP contribution is 2.20. The summed E-state index contributed by atoms with van der Waals surface area (Å²) < 4.78 is 5.64. The van der Waals surface area contributed by atoms with Crippen LogP contribution in [0.15, 0.2) is 0 Å². The van der Waals surface area contributed by atoms with Crippen LogP contribution in [-0.2, 0) is 9.53 Å². The Balaban J connectivity index is 1.59. The summed E-state index contributed by atoms with van der Waals surface area (Å²) in [5.41, 5.74) is 5.83. The molecule has 0 bridgehead atoms. The van der Waals surface area contributed by atoms with E-state index in [2.05, 4.69) is 5.32 Å². The van der Waals surface area contributed by atoms with Crippen LogP contribution in [0.2, 0.25) is 0 Å². The minimum Gasteiger partial charge on any atom is -0.368 e. The van der Waals surface area contributed by atoms with Gasteiger partial charge in [0, 0.05) is 12.1 Å². The first-order valence-electron chi connectivity index (χ1n) is 6.90. The molecule has 0 heterocycles. The van der Waals surface area contributed by atoms with Crippen molar-refractivity contribution in [2.24, 2.45) is 5.73 Å². The summed E-state index contributed by atoms with van der Waals surface area (Å²) in [5.74, 6) is 0.0479. The standard InChI is InChI=1S/C13H24N2O2/c14-10-5-7-12(8-6-10)17-9-13(16)15-11-3-1-2-4-11/h10-12H,1-9,14H2,(H,15,16). The van der Waals surface area contributed by atoms with Gasteiger partial charge < -0.3 is 15.8 Å². The van der Waals surface area contributed by atoms with E-state index in [1.54, 1.807) is 0 Å². The number of carbonyl (C=O) groups excluding carboxylic acids is 1. The van der Waals surface area contributed by atoms with Gasteiger partial charge in [0.15, 0.2) is 0 Å². The lowest BCUT2D eigenvalue weighted by atomic mass is 9.94. The van der Waals surface area contributed by atoms with Crippen molar-refractivity contribution in [3.05, 3.63) is 0 Å². The summed E-state index contributed by atoms with van der Waals surface area (Å²) in [6.45, 7) is 0.219. The SMILES string of the molecule is NC1CCC(OCC(=O)NC2CCCC2)CC1. The van der Waals surface area contributed by atoms with Gasteiger partial charge in [-0.15, -0.1) is 0 Å². The van der Waals surface area contributed by atoms with E-state index in [1.807, 2.05) is 0 Å². The lowest BCUT2D eigenvalue weighted by Gasteiger charge is -2.26. The van der Waals surface area contributed by atoms with Gasteiger partial charge in [-0.3, -0.25) is 4.79 Å². The van der Waals surface area contributed by atoms with E-state index in [9.17, 15) is 4.79 Å². The highest BCUT2D eigenvalue weighted by atomic mass is 16.5. The number of hydrogen-bond acceptors (Lipinski definition) is 3. The Kier molecular flexibility index (Phi) is 4.80. The molecule has 2 aliphatic carbocycles. The third kappa shape index (κ3) is 4.28. The molecule has 0 aromatic heterocycles. The average molecular weight is 240 g/mol. The molecule has 0 spiro atoms. The van der Waals surface area contributed by atoms with Crippen molar-refractivity contribution in [2.45, 2.75) is 69.6 Å². The Bertz CT molecular complexity index is 244. The van der Waals surface area contributed by atoms with Crippen molar-refractivity contribution in [2.75, 3.05) is 6.61 Å². The van der Waals surface area contributed by atoms with Crippen LogP contribution < -0.4 is 11.1 Å². The van der Waals surface area contributed by atoms with Crippen molar-refractivity contribution in [1.29, 1.82) is 0 Å². The van der Waals surface area contributed by atoms with E-state index in [0.29, 0.717) is 12.1 Å². The zero-order valence-electron chi connectivity index (χ0n) is 10.5. The normalized spacial score (nSPS) is 30.4. The zero-order chi connectivity index (χ0) is 12.1. The van der Waals surface area contributed by atoms with E-state index >= 15 is 0 Å². The number of rotatable bonds is 4. The molecule has 0 atom stereocenters. The van der Waals surface area contributed by atoms with Gasteiger partial charge >= 0.3 is 0 Å². The van der Waals surface area contributed by atoms with Crippen LogP contribution in [0.5, 0.6) is 0 Å². The quantitative estimate of drug-likeness (QED) is 0.779. The number of hydrogen-bond donors (Lipinski definition) is 2. The summed E-state index contributed by atoms with van der Waals surface area (Å²) in [4.78, 5) is 11.6. The lowest BCUT2D eigenvalue weighted by Crippen LogP contribution is -2.37. The number of nitrogens with two attached hydrogens (primary N) is 1. The van der Waals surface area contributed by atoms with Gasteiger partial charge in [-0.05, 0) is 38.5 Å². The summed E-state index contributed by atoms with van der Waals surface area (Å²) in [5, 5.41) is 3.04. The number of amides is 1. The maximum absolute atomic E-state index is 11.6. The smallest absolute Gasteiger partial charge is 0.246 e. The average Bonchev–Trinajstić information content (AvgIpc) is 2.81. The van der Waals surface area contributed by atoms with Gasteiger partial charge in [0.1, 0.15) is 6.61 Å². The van der Waals surface area contributed by atoms with Crippen LogP contribution in [0.4, 0.5) is 0 Å². The first kappa shape index (κ1) is 12.8. The molecule has 0 radical (unpaired) electrons. The number of nitrogens with one attached hydrogen (secondary N) is 1. The highest BCUT2D eigenvalue weighted by Gasteiger charge is 2.21. The van der Waals surface area contributed by atoms with Gasteiger partial charge in [-0.1, -0.05) is 12.8 Å². The molecule has 17 heavy (non-hydrogen) atoms. The Morgan fingerprint density at radius 2 is 1.76 bits per heavy atom. The first-order chi connectivity index (χ1) is 8.24. The van der Waals surface area contributed by atoms with Gasteiger partial charge in [0.05, 0.1) is 6.10 Å². The molecule has 2 aliphatic rings. The van der Waals surface area contributed by atoms with Crippen molar-refractivity contribution in [3.63, 3.8) is 0 Å². The molecule has 0 aromatic rings. The van der Waals surface area contributed by atoms with Gasteiger partial charge in [0.2, 0.25) is 5.91 Å². The molecule has 98 valence electrons. The highest BCUT2D eigenvalue weighted by molar-refractivity contribution is 5.77. The molecule has 0 unspecified atom stereocenters. The largest absolute Gasteiger partial charge is 0.368 e. The van der Waals surface area contributed by atoms with E-state index in [4.69, 9.17) is 10.5 Å². The molecule has 4 heteroatoms. The van der Waals surface area contributed by atoms with E-state index in [-0.39, 0.29) is 18.6 Å². The topological polar surface area (TPSA) is 64.3 Å². The second-order valence-electron chi connectivity index (χ2n) is 5.40. The van der Waals surface area contributed by atoms with Crippen LogP contribution in [0.1, 0.15) is 51.4 Å². The Morgan fingerprint density at radius 1 is 1.12 bits per heavy atom. The molecular formula is C13H24N2O2. The second kappa shape index (κ2) is 6.36. The molecule has 2 saturated carbocycles. The van der Waals surface area contributed by atoms with Crippen LogP contribution in [0, 0.1) is 0 Å².